The number of carbonyl (C=O) groups is 1. The van der Waals surface area contributed by atoms with Gasteiger partial charge in [0, 0.05) is 5.57 Å². The van der Waals surface area contributed by atoms with Crippen LogP contribution in [-0.2, 0) is 16.1 Å². The second-order valence-electron chi connectivity index (χ2n) is 4.34. The first-order chi connectivity index (χ1) is 9.75. The molecule has 0 spiro atoms. The Morgan fingerprint density at radius 2 is 1.60 bits per heavy atom. The maximum Gasteiger partial charge on any atom is 0.381 e. The fourth-order valence-electron chi connectivity index (χ4n) is 1.60. The molecule has 3 nitrogen and oxygen atoms in total. The van der Waals surface area contributed by atoms with E-state index in [2.05, 4.69) is 0 Å². The van der Waals surface area contributed by atoms with Gasteiger partial charge in [-0.1, -0.05) is 54.6 Å². The summed E-state index contributed by atoms with van der Waals surface area (Å²) in [6.07, 6.45) is 2.51. The van der Waals surface area contributed by atoms with Crippen molar-refractivity contribution in [1.29, 1.82) is 0 Å². The van der Waals surface area contributed by atoms with Crippen LogP contribution in [0.4, 0.5) is 0 Å². The first kappa shape index (κ1) is 13.9. The number of rotatable bonds is 5. The first-order valence-electron chi connectivity index (χ1n) is 6.40. The van der Waals surface area contributed by atoms with E-state index in [0.717, 1.165) is 5.56 Å². The van der Waals surface area contributed by atoms with Gasteiger partial charge in [-0.25, -0.2) is 9.68 Å². The molecule has 0 radical (unpaired) electrons. The molecule has 0 atom stereocenters. The molecule has 0 aliphatic rings. The number of hydrogen-bond donors (Lipinski definition) is 0. The molecule has 3 heteroatoms. The average Bonchev–Trinajstić information content (AvgIpc) is 2.52. The van der Waals surface area contributed by atoms with Gasteiger partial charge in [0.05, 0.1) is 0 Å². The van der Waals surface area contributed by atoms with Gasteiger partial charge in [0.2, 0.25) is 0 Å². The second-order valence-corrected chi connectivity index (χ2v) is 4.34. The van der Waals surface area contributed by atoms with Crippen molar-refractivity contribution >= 4 is 5.97 Å². The Hall–Kier alpha value is -2.55. The average molecular weight is 268 g/mol. The molecule has 0 saturated carbocycles. The minimum Gasteiger partial charge on any atom is -0.287 e. The highest BCUT2D eigenvalue weighted by atomic mass is 17.2. The highest BCUT2D eigenvalue weighted by Crippen LogP contribution is 2.10. The molecule has 102 valence electrons. The molecule has 2 rings (SSSR count). The zero-order valence-electron chi connectivity index (χ0n) is 11.3. The van der Waals surface area contributed by atoms with Gasteiger partial charge in [0.15, 0.2) is 5.75 Å². The normalized spacial score (nSPS) is 10.9. The Balaban J connectivity index is 1.85. The maximum absolute atomic E-state index is 11.7. The van der Waals surface area contributed by atoms with E-state index < -0.39 is 5.97 Å². The molecule has 2 aromatic rings. The van der Waals surface area contributed by atoms with Gasteiger partial charge in [-0.3, -0.25) is 4.89 Å². The summed E-state index contributed by atoms with van der Waals surface area (Å²) >= 11 is 0. The van der Waals surface area contributed by atoms with Gasteiger partial charge in [-0.2, -0.15) is 0 Å². The van der Waals surface area contributed by atoms with Crippen LogP contribution in [0.1, 0.15) is 12.5 Å². The lowest BCUT2D eigenvalue weighted by Crippen LogP contribution is -2.09. The zero-order valence-corrected chi connectivity index (χ0v) is 11.3. The van der Waals surface area contributed by atoms with E-state index in [1.165, 1.54) is 0 Å². The summed E-state index contributed by atoms with van der Waals surface area (Å²) in [5.41, 5.74) is 1.66. The number of allylic oxidation sites excluding steroid dienone is 1. The largest absolute Gasteiger partial charge is 0.381 e. The van der Waals surface area contributed by atoms with E-state index in [1.807, 2.05) is 42.5 Å². The Morgan fingerprint density at radius 1 is 1.00 bits per heavy atom. The standard InChI is InChI=1S/C17H16O3/c1-14(12-13-15-8-4-2-5-9-15)17(18)20-19-16-10-6-3-7-11-16/h2-12H,13H2,1H3. The lowest BCUT2D eigenvalue weighted by molar-refractivity contribution is -0.208. The summed E-state index contributed by atoms with van der Waals surface area (Å²) in [5, 5.41) is 0. The molecule has 20 heavy (non-hydrogen) atoms. The van der Waals surface area contributed by atoms with Gasteiger partial charge in [-0.05, 0) is 31.0 Å². The molecule has 0 fully saturated rings. The molecule has 0 aliphatic heterocycles. The molecule has 0 aliphatic carbocycles. The van der Waals surface area contributed by atoms with E-state index in [-0.39, 0.29) is 0 Å². The molecule has 0 bridgehead atoms. The highest BCUT2D eigenvalue weighted by Gasteiger charge is 2.07. The van der Waals surface area contributed by atoms with Crippen LogP contribution in [0.25, 0.3) is 0 Å². The van der Waals surface area contributed by atoms with Crippen molar-refractivity contribution in [2.45, 2.75) is 13.3 Å². The monoisotopic (exact) mass is 268 g/mol. The Bertz CT molecular complexity index is 574. The summed E-state index contributed by atoms with van der Waals surface area (Å²) in [6.45, 7) is 1.71. The van der Waals surface area contributed by atoms with Crippen LogP contribution >= 0.6 is 0 Å². The zero-order chi connectivity index (χ0) is 14.2. The summed E-state index contributed by atoms with van der Waals surface area (Å²) < 4.78 is 0. The summed E-state index contributed by atoms with van der Waals surface area (Å²) in [7, 11) is 0. The van der Waals surface area contributed by atoms with Crippen molar-refractivity contribution in [2.75, 3.05) is 0 Å². The Morgan fingerprint density at radius 3 is 2.25 bits per heavy atom. The van der Waals surface area contributed by atoms with Gasteiger partial charge < -0.3 is 0 Å². The molecule has 0 heterocycles. The van der Waals surface area contributed by atoms with Crippen LogP contribution in [0.15, 0.2) is 72.3 Å². The van der Waals surface area contributed by atoms with Gasteiger partial charge in [0.25, 0.3) is 0 Å². The van der Waals surface area contributed by atoms with Crippen molar-refractivity contribution in [1.82, 2.24) is 0 Å². The summed E-state index contributed by atoms with van der Waals surface area (Å²) in [4.78, 5) is 21.4. The molecular formula is C17H16O3. The predicted octanol–water partition coefficient (Wildman–Crippen LogP) is 3.71. The van der Waals surface area contributed by atoms with Crippen molar-refractivity contribution in [3.05, 3.63) is 77.9 Å². The lowest BCUT2D eigenvalue weighted by atomic mass is 10.1. The number of hydrogen-bond acceptors (Lipinski definition) is 3. The van der Waals surface area contributed by atoms with E-state index in [9.17, 15) is 4.79 Å². The molecular weight excluding hydrogens is 252 g/mol. The fraction of sp³-hybridized carbons (Fsp3) is 0.118. The third kappa shape index (κ3) is 4.28. The van der Waals surface area contributed by atoms with Crippen molar-refractivity contribution < 1.29 is 14.6 Å². The third-order valence-electron chi connectivity index (χ3n) is 2.77. The van der Waals surface area contributed by atoms with Crippen LogP contribution in [0, 0.1) is 0 Å². The molecule has 0 aromatic heterocycles. The van der Waals surface area contributed by atoms with Crippen LogP contribution in [-0.4, -0.2) is 5.97 Å². The lowest BCUT2D eigenvalue weighted by Gasteiger charge is -2.04. The van der Waals surface area contributed by atoms with Gasteiger partial charge >= 0.3 is 5.97 Å². The Kier molecular flexibility index (Phi) is 4.95. The van der Waals surface area contributed by atoms with Crippen LogP contribution in [0.3, 0.4) is 0 Å². The smallest absolute Gasteiger partial charge is 0.287 e. The SMILES string of the molecule is CC(=CCc1ccccc1)C(=O)OOc1ccccc1. The number of para-hydroxylation sites is 1. The topological polar surface area (TPSA) is 35.5 Å². The molecule has 0 amide bonds. The van der Waals surface area contributed by atoms with Gasteiger partial charge in [0.1, 0.15) is 0 Å². The second kappa shape index (κ2) is 7.14. The molecule has 0 saturated heterocycles. The summed E-state index contributed by atoms with van der Waals surface area (Å²) in [5.74, 6) is 0.0153. The van der Waals surface area contributed by atoms with Crippen LogP contribution in [0.5, 0.6) is 5.75 Å². The molecule has 0 unspecified atom stereocenters. The van der Waals surface area contributed by atoms with Crippen molar-refractivity contribution in [3.8, 4) is 5.75 Å². The fourth-order valence-corrected chi connectivity index (χ4v) is 1.60. The Labute approximate surface area is 118 Å². The van der Waals surface area contributed by atoms with E-state index >= 15 is 0 Å². The highest BCUT2D eigenvalue weighted by molar-refractivity contribution is 5.87. The molecule has 2 aromatic carbocycles. The van der Waals surface area contributed by atoms with E-state index in [1.54, 1.807) is 31.2 Å². The number of benzene rings is 2. The first-order valence-corrected chi connectivity index (χ1v) is 6.40. The predicted molar refractivity (Wildman–Crippen MR) is 77.1 cm³/mol. The minimum atomic E-state index is -0.482. The van der Waals surface area contributed by atoms with Gasteiger partial charge in [-0.15, -0.1) is 0 Å². The number of carbonyl (C=O) groups excluding carboxylic acids is 1. The quantitative estimate of drug-likeness (QED) is 0.471. The van der Waals surface area contributed by atoms with Crippen molar-refractivity contribution in [2.24, 2.45) is 0 Å². The maximum atomic E-state index is 11.7. The van der Waals surface area contributed by atoms with Crippen LogP contribution < -0.4 is 4.89 Å². The molecule has 0 N–H and O–H groups in total. The van der Waals surface area contributed by atoms with E-state index in [4.69, 9.17) is 9.78 Å². The summed E-state index contributed by atoms with van der Waals surface area (Å²) in [6, 6.07) is 18.8. The third-order valence-corrected chi connectivity index (χ3v) is 2.77. The van der Waals surface area contributed by atoms with Crippen LogP contribution in [0.2, 0.25) is 0 Å². The van der Waals surface area contributed by atoms with Crippen molar-refractivity contribution in [3.63, 3.8) is 0 Å². The van der Waals surface area contributed by atoms with E-state index in [0.29, 0.717) is 17.7 Å². The minimum absolute atomic E-state index is 0.482.